The molecule has 0 spiro atoms. The fraction of sp³-hybridized carbons (Fsp3) is 0.462. The van der Waals surface area contributed by atoms with Crippen molar-refractivity contribution in [2.45, 2.75) is 25.4 Å². The van der Waals surface area contributed by atoms with Crippen LogP contribution in [0.1, 0.15) is 30.1 Å². The number of aliphatic hydroxyl groups is 1. The summed E-state index contributed by atoms with van der Waals surface area (Å²) in [5.74, 6) is 0.179. The minimum Gasteiger partial charge on any atom is -0.482 e. The maximum atomic E-state index is 10.9. The van der Waals surface area contributed by atoms with E-state index in [4.69, 9.17) is 4.74 Å². The molecule has 0 aliphatic heterocycles. The van der Waals surface area contributed by atoms with Crippen LogP contribution in [-0.2, 0) is 16.0 Å². The van der Waals surface area contributed by atoms with Gasteiger partial charge in [0.15, 0.2) is 6.61 Å². The minimum atomic E-state index is -0.416. The Morgan fingerprint density at radius 3 is 3.12 bits per heavy atom. The summed E-state index contributed by atoms with van der Waals surface area (Å²) in [4.78, 5) is 10.9. The number of ether oxygens (including phenoxy) is 2. The van der Waals surface area contributed by atoms with Gasteiger partial charge in [0.2, 0.25) is 0 Å². The Morgan fingerprint density at radius 1 is 1.53 bits per heavy atom. The molecule has 0 radical (unpaired) electrons. The summed E-state index contributed by atoms with van der Waals surface area (Å²) in [7, 11) is 1.32. The van der Waals surface area contributed by atoms with Gasteiger partial charge in [-0.3, -0.25) is 0 Å². The molecule has 0 amide bonds. The average molecular weight is 236 g/mol. The SMILES string of the molecule is COC(=O)COc1ccc2c(c1)[C@H](O)CCC2. The third kappa shape index (κ3) is 2.77. The Labute approximate surface area is 100 Å². The second-order valence-corrected chi connectivity index (χ2v) is 4.13. The Morgan fingerprint density at radius 2 is 2.35 bits per heavy atom. The van der Waals surface area contributed by atoms with Gasteiger partial charge in [-0.05, 0) is 42.5 Å². The Kier molecular flexibility index (Phi) is 3.64. The standard InChI is InChI=1S/C13H16O4/c1-16-13(15)8-17-10-6-5-9-3-2-4-12(14)11(9)7-10/h5-7,12,14H,2-4,8H2,1H3/t12-/m1/s1. The van der Waals surface area contributed by atoms with Crippen molar-refractivity contribution < 1.29 is 19.4 Å². The van der Waals surface area contributed by atoms with Gasteiger partial charge >= 0.3 is 5.97 Å². The average Bonchev–Trinajstić information content (AvgIpc) is 2.36. The van der Waals surface area contributed by atoms with Crippen molar-refractivity contribution in [3.63, 3.8) is 0 Å². The van der Waals surface area contributed by atoms with E-state index in [1.165, 1.54) is 7.11 Å². The summed E-state index contributed by atoms with van der Waals surface area (Å²) in [5, 5.41) is 9.86. The molecule has 1 aromatic rings. The zero-order valence-electron chi connectivity index (χ0n) is 9.81. The summed E-state index contributed by atoms with van der Waals surface area (Å²) in [5.41, 5.74) is 2.08. The number of aliphatic hydroxyl groups excluding tert-OH is 1. The lowest BCUT2D eigenvalue weighted by Gasteiger charge is -2.21. The van der Waals surface area contributed by atoms with Crippen LogP contribution in [-0.4, -0.2) is 24.8 Å². The molecular weight excluding hydrogens is 220 g/mol. The van der Waals surface area contributed by atoms with Gasteiger partial charge in [-0.15, -0.1) is 0 Å². The van der Waals surface area contributed by atoms with Gasteiger partial charge < -0.3 is 14.6 Å². The van der Waals surface area contributed by atoms with Crippen molar-refractivity contribution >= 4 is 5.97 Å². The van der Waals surface area contributed by atoms with Gasteiger partial charge in [-0.2, -0.15) is 0 Å². The lowest BCUT2D eigenvalue weighted by Crippen LogP contribution is -2.14. The first kappa shape index (κ1) is 11.9. The summed E-state index contributed by atoms with van der Waals surface area (Å²) in [6, 6.07) is 5.58. The number of benzene rings is 1. The van der Waals surface area contributed by atoms with Crippen molar-refractivity contribution in [1.82, 2.24) is 0 Å². The summed E-state index contributed by atoms with van der Waals surface area (Å²) < 4.78 is 9.78. The maximum Gasteiger partial charge on any atom is 0.343 e. The molecule has 2 rings (SSSR count). The normalized spacial score (nSPS) is 18.4. The molecule has 1 aromatic carbocycles. The van der Waals surface area contributed by atoms with E-state index in [1.807, 2.05) is 18.2 Å². The molecule has 0 saturated heterocycles. The number of fused-ring (bicyclic) bond motifs is 1. The zero-order chi connectivity index (χ0) is 12.3. The second kappa shape index (κ2) is 5.19. The highest BCUT2D eigenvalue weighted by Crippen LogP contribution is 2.32. The van der Waals surface area contributed by atoms with E-state index >= 15 is 0 Å². The number of carbonyl (C=O) groups is 1. The van der Waals surface area contributed by atoms with Crippen molar-refractivity contribution in [2.24, 2.45) is 0 Å². The molecule has 0 heterocycles. The molecule has 0 saturated carbocycles. The van der Waals surface area contributed by atoms with E-state index in [-0.39, 0.29) is 6.61 Å². The quantitative estimate of drug-likeness (QED) is 0.810. The summed E-state index contributed by atoms with van der Waals surface area (Å²) in [6.07, 6.45) is 2.37. The van der Waals surface area contributed by atoms with Crippen LogP contribution >= 0.6 is 0 Å². The largest absolute Gasteiger partial charge is 0.482 e. The van der Waals surface area contributed by atoms with Gasteiger partial charge in [-0.25, -0.2) is 4.79 Å². The van der Waals surface area contributed by atoms with E-state index in [0.29, 0.717) is 5.75 Å². The molecule has 1 aliphatic carbocycles. The number of aryl methyl sites for hydroxylation is 1. The molecule has 0 aromatic heterocycles. The van der Waals surface area contributed by atoms with Crippen LogP contribution in [0.25, 0.3) is 0 Å². The lowest BCUT2D eigenvalue weighted by atomic mass is 9.89. The first-order chi connectivity index (χ1) is 8.20. The number of hydrogen-bond donors (Lipinski definition) is 1. The first-order valence-electron chi connectivity index (χ1n) is 5.71. The van der Waals surface area contributed by atoms with Crippen molar-refractivity contribution in [2.75, 3.05) is 13.7 Å². The highest BCUT2D eigenvalue weighted by molar-refractivity contribution is 5.70. The molecule has 0 unspecified atom stereocenters. The van der Waals surface area contributed by atoms with Crippen molar-refractivity contribution in [3.05, 3.63) is 29.3 Å². The van der Waals surface area contributed by atoms with E-state index in [0.717, 1.165) is 30.4 Å². The van der Waals surface area contributed by atoms with Gasteiger partial charge in [0.25, 0.3) is 0 Å². The Balaban J connectivity index is 2.10. The number of esters is 1. The molecule has 1 atom stereocenters. The fourth-order valence-corrected chi connectivity index (χ4v) is 2.04. The van der Waals surface area contributed by atoms with Crippen molar-refractivity contribution in [3.8, 4) is 5.75 Å². The molecule has 92 valence electrons. The van der Waals surface area contributed by atoms with Crippen LogP contribution in [0.3, 0.4) is 0 Å². The predicted molar refractivity (Wildman–Crippen MR) is 61.9 cm³/mol. The van der Waals surface area contributed by atoms with Gasteiger partial charge in [-0.1, -0.05) is 6.07 Å². The van der Waals surface area contributed by atoms with Crippen LogP contribution in [0, 0.1) is 0 Å². The molecule has 1 aliphatic rings. The molecule has 0 bridgehead atoms. The van der Waals surface area contributed by atoms with E-state index in [9.17, 15) is 9.90 Å². The monoisotopic (exact) mass is 236 g/mol. The number of hydrogen-bond acceptors (Lipinski definition) is 4. The third-order valence-electron chi connectivity index (χ3n) is 2.98. The predicted octanol–water partition coefficient (Wildman–Crippen LogP) is 1.61. The Bertz CT molecular complexity index is 414. The summed E-state index contributed by atoms with van der Waals surface area (Å²) in [6.45, 7) is -0.106. The van der Waals surface area contributed by atoms with Crippen LogP contribution < -0.4 is 4.74 Å². The second-order valence-electron chi connectivity index (χ2n) is 4.13. The lowest BCUT2D eigenvalue weighted by molar-refractivity contribution is -0.142. The van der Waals surface area contributed by atoms with Crippen LogP contribution in [0.4, 0.5) is 0 Å². The van der Waals surface area contributed by atoms with E-state index in [1.54, 1.807) is 0 Å². The first-order valence-corrected chi connectivity index (χ1v) is 5.71. The van der Waals surface area contributed by atoms with Crippen molar-refractivity contribution in [1.29, 1.82) is 0 Å². The molecular formula is C13H16O4. The number of rotatable bonds is 3. The maximum absolute atomic E-state index is 10.9. The molecule has 17 heavy (non-hydrogen) atoms. The van der Waals surface area contributed by atoms with E-state index < -0.39 is 12.1 Å². The number of methoxy groups -OCH3 is 1. The molecule has 4 nitrogen and oxygen atoms in total. The molecule has 0 fully saturated rings. The topological polar surface area (TPSA) is 55.8 Å². The zero-order valence-corrected chi connectivity index (χ0v) is 9.81. The third-order valence-corrected chi connectivity index (χ3v) is 2.98. The molecule has 4 heteroatoms. The summed E-state index contributed by atoms with van der Waals surface area (Å²) >= 11 is 0. The van der Waals surface area contributed by atoms with Crippen LogP contribution in [0.15, 0.2) is 18.2 Å². The van der Waals surface area contributed by atoms with Gasteiger partial charge in [0.1, 0.15) is 5.75 Å². The number of carbonyl (C=O) groups excluding carboxylic acids is 1. The van der Waals surface area contributed by atoms with Gasteiger partial charge in [0.05, 0.1) is 13.2 Å². The van der Waals surface area contributed by atoms with E-state index in [2.05, 4.69) is 4.74 Å². The smallest absolute Gasteiger partial charge is 0.343 e. The fourth-order valence-electron chi connectivity index (χ4n) is 2.04. The van der Waals surface area contributed by atoms with Gasteiger partial charge in [0, 0.05) is 0 Å². The molecule has 1 N–H and O–H groups in total. The minimum absolute atomic E-state index is 0.106. The Hall–Kier alpha value is -1.55. The highest BCUT2D eigenvalue weighted by Gasteiger charge is 2.18. The highest BCUT2D eigenvalue weighted by atomic mass is 16.6. The van der Waals surface area contributed by atoms with Crippen LogP contribution in [0.5, 0.6) is 5.75 Å². The van der Waals surface area contributed by atoms with Crippen LogP contribution in [0.2, 0.25) is 0 Å².